The zero-order valence-electron chi connectivity index (χ0n) is 16.8. The maximum atomic E-state index is 12.7. The summed E-state index contributed by atoms with van der Waals surface area (Å²) in [4.78, 5) is 22.1. The van der Waals surface area contributed by atoms with Crippen molar-refractivity contribution in [2.24, 2.45) is 4.99 Å². The molecule has 0 saturated heterocycles. The Kier molecular flexibility index (Phi) is 5.58. The van der Waals surface area contributed by atoms with Crippen LogP contribution in [0.5, 0.6) is 0 Å². The summed E-state index contributed by atoms with van der Waals surface area (Å²) < 4.78 is 1.60. The third-order valence-corrected chi connectivity index (χ3v) is 6.16. The number of hydrogen-bond donors (Lipinski definition) is 1. The summed E-state index contributed by atoms with van der Waals surface area (Å²) in [5.74, 6) is 0.332. The highest BCUT2D eigenvalue weighted by Crippen LogP contribution is 2.35. The normalized spacial score (nSPS) is 14.6. The van der Waals surface area contributed by atoms with E-state index in [1.165, 1.54) is 37.0 Å². The minimum atomic E-state index is -0.328. The fraction of sp³-hybridized carbons (Fsp3) is 0.364. The molecule has 3 heterocycles. The summed E-state index contributed by atoms with van der Waals surface area (Å²) in [5, 5.41) is 5.59. The monoisotopic (exact) mass is 407 g/mol. The summed E-state index contributed by atoms with van der Waals surface area (Å²) in [6, 6.07) is 7.88. The van der Waals surface area contributed by atoms with Crippen molar-refractivity contribution in [2.75, 3.05) is 5.73 Å². The Hall–Kier alpha value is -2.80. The third-order valence-electron chi connectivity index (χ3n) is 5.19. The molecule has 7 heteroatoms. The molecular weight excluding hydrogens is 382 g/mol. The Morgan fingerprint density at radius 2 is 1.97 bits per heavy atom. The summed E-state index contributed by atoms with van der Waals surface area (Å²) in [7, 11) is 0. The van der Waals surface area contributed by atoms with Crippen molar-refractivity contribution >= 4 is 45.2 Å². The highest BCUT2D eigenvalue weighted by atomic mass is 32.1. The number of rotatable bonds is 7. The Labute approximate surface area is 173 Å². The van der Waals surface area contributed by atoms with Gasteiger partial charge in [0.05, 0.1) is 11.3 Å². The van der Waals surface area contributed by atoms with E-state index >= 15 is 0 Å². The van der Waals surface area contributed by atoms with Gasteiger partial charge in [0.1, 0.15) is 10.8 Å². The minimum Gasteiger partial charge on any atom is -0.383 e. The van der Waals surface area contributed by atoms with Crippen LogP contribution in [0.3, 0.4) is 0 Å². The van der Waals surface area contributed by atoms with Gasteiger partial charge in [-0.05, 0) is 25.5 Å². The van der Waals surface area contributed by atoms with Crippen LogP contribution in [-0.2, 0) is 6.42 Å². The first kappa shape index (κ1) is 19.5. The van der Waals surface area contributed by atoms with E-state index < -0.39 is 0 Å². The fourth-order valence-corrected chi connectivity index (χ4v) is 4.53. The fourth-order valence-electron chi connectivity index (χ4n) is 3.60. The second-order valence-electron chi connectivity index (χ2n) is 7.34. The number of benzene rings is 1. The second kappa shape index (κ2) is 8.29. The molecule has 150 valence electrons. The third kappa shape index (κ3) is 3.87. The largest absolute Gasteiger partial charge is 0.383 e. The Morgan fingerprint density at radius 3 is 2.79 bits per heavy atom. The van der Waals surface area contributed by atoms with Crippen LogP contribution in [0.15, 0.2) is 34.1 Å². The van der Waals surface area contributed by atoms with Gasteiger partial charge in [0.25, 0.3) is 5.56 Å². The number of nitrogens with zero attached hydrogens (tertiary/aromatic N) is 4. The molecule has 2 N–H and O–H groups in total. The number of aryl methyl sites for hydroxylation is 1. The van der Waals surface area contributed by atoms with Gasteiger partial charge in [-0.25, -0.2) is 0 Å². The lowest BCUT2D eigenvalue weighted by molar-refractivity contribution is 0.629. The molecule has 2 aromatic heterocycles. The van der Waals surface area contributed by atoms with Crippen molar-refractivity contribution in [3.8, 4) is 0 Å². The van der Waals surface area contributed by atoms with Crippen LogP contribution in [0.2, 0.25) is 0 Å². The first-order valence-corrected chi connectivity index (χ1v) is 10.9. The van der Waals surface area contributed by atoms with E-state index in [4.69, 9.17) is 5.73 Å². The average molecular weight is 408 g/mol. The lowest BCUT2D eigenvalue weighted by atomic mass is 10.0. The molecule has 3 aromatic rings. The highest BCUT2D eigenvalue weighted by molar-refractivity contribution is 7.16. The van der Waals surface area contributed by atoms with Crippen molar-refractivity contribution in [1.82, 2.24) is 14.6 Å². The average Bonchev–Trinajstić information content (AvgIpc) is 3.25. The van der Waals surface area contributed by atoms with Crippen molar-refractivity contribution in [2.45, 2.75) is 52.4 Å². The van der Waals surface area contributed by atoms with Crippen LogP contribution in [0, 0.1) is 0 Å². The topological polar surface area (TPSA) is 85.6 Å². The maximum absolute atomic E-state index is 12.7. The molecule has 0 atom stereocenters. The van der Waals surface area contributed by atoms with Crippen molar-refractivity contribution in [3.05, 3.63) is 50.8 Å². The first-order chi connectivity index (χ1) is 14.1. The molecule has 0 amide bonds. The molecule has 6 nitrogen and oxygen atoms in total. The van der Waals surface area contributed by atoms with Crippen LogP contribution in [-0.4, -0.2) is 20.3 Å². The van der Waals surface area contributed by atoms with Gasteiger partial charge < -0.3 is 5.73 Å². The molecular formula is C22H25N5OS. The van der Waals surface area contributed by atoms with Crippen LogP contribution >= 0.6 is 11.3 Å². The Balaban J connectivity index is 1.66. The van der Waals surface area contributed by atoms with Gasteiger partial charge in [0, 0.05) is 23.3 Å². The van der Waals surface area contributed by atoms with Crippen molar-refractivity contribution in [1.29, 1.82) is 0 Å². The van der Waals surface area contributed by atoms with Crippen LogP contribution in [0.4, 0.5) is 11.5 Å². The van der Waals surface area contributed by atoms with E-state index in [0.29, 0.717) is 16.3 Å². The number of hydrogen-bond acceptors (Lipinski definition) is 6. The molecule has 1 aliphatic rings. The number of unbranched alkanes of at least 4 members (excludes halogenated alkanes) is 4. The van der Waals surface area contributed by atoms with E-state index in [-0.39, 0.29) is 5.56 Å². The summed E-state index contributed by atoms with van der Waals surface area (Å²) >= 11 is 1.45. The van der Waals surface area contributed by atoms with Gasteiger partial charge in [0.15, 0.2) is 0 Å². The van der Waals surface area contributed by atoms with Crippen molar-refractivity contribution < 1.29 is 0 Å². The molecule has 0 spiro atoms. The van der Waals surface area contributed by atoms with E-state index in [1.807, 2.05) is 31.2 Å². The number of nitrogens with two attached hydrogens (primary N) is 1. The molecule has 0 aliphatic carbocycles. The van der Waals surface area contributed by atoms with Gasteiger partial charge in [-0.2, -0.15) is 14.6 Å². The zero-order chi connectivity index (χ0) is 20.4. The lowest BCUT2D eigenvalue weighted by Crippen LogP contribution is -2.17. The molecule has 0 fully saturated rings. The van der Waals surface area contributed by atoms with Crippen molar-refractivity contribution in [3.63, 3.8) is 0 Å². The number of nitrogen functional groups attached to an aromatic ring is 1. The summed E-state index contributed by atoms with van der Waals surface area (Å²) in [6.07, 6.45) is 8.72. The molecule has 4 rings (SSSR count). The molecule has 0 unspecified atom stereocenters. The van der Waals surface area contributed by atoms with Gasteiger partial charge in [0.2, 0.25) is 4.96 Å². The van der Waals surface area contributed by atoms with Gasteiger partial charge in [-0.3, -0.25) is 9.79 Å². The van der Waals surface area contributed by atoms with Crippen LogP contribution in [0.25, 0.3) is 16.6 Å². The van der Waals surface area contributed by atoms with Gasteiger partial charge in [-0.1, -0.05) is 62.1 Å². The zero-order valence-corrected chi connectivity index (χ0v) is 17.6. The molecule has 1 aliphatic heterocycles. The Morgan fingerprint density at radius 1 is 1.17 bits per heavy atom. The minimum absolute atomic E-state index is 0.328. The molecule has 1 aromatic carbocycles. The predicted octanol–water partition coefficient (Wildman–Crippen LogP) is 4.89. The number of anilines is 1. The van der Waals surface area contributed by atoms with E-state index in [0.717, 1.165) is 40.4 Å². The standard InChI is InChI=1S/C22H25N5OS/c1-3-4-5-6-7-12-19-26-27-20(23)17(21(28)25-22(27)29-19)13-16-14(2)24-18-11-9-8-10-15(16)18/h8-11,13H,3-7,12,23H2,1-2H3. The first-order valence-electron chi connectivity index (χ1n) is 10.1. The van der Waals surface area contributed by atoms with E-state index in [1.54, 1.807) is 10.6 Å². The van der Waals surface area contributed by atoms with Gasteiger partial charge >= 0.3 is 0 Å². The van der Waals surface area contributed by atoms with Gasteiger partial charge in [-0.15, -0.1) is 0 Å². The summed E-state index contributed by atoms with van der Waals surface area (Å²) in [6.45, 7) is 4.15. The number of allylic oxidation sites excluding steroid dienone is 1. The number of aliphatic imine (C=N–C) groups is 1. The molecule has 29 heavy (non-hydrogen) atoms. The highest BCUT2D eigenvalue weighted by Gasteiger charge is 2.20. The van der Waals surface area contributed by atoms with Crippen LogP contribution < -0.4 is 11.3 Å². The lowest BCUT2D eigenvalue weighted by Gasteiger charge is -2.04. The predicted molar refractivity (Wildman–Crippen MR) is 121 cm³/mol. The molecule has 0 radical (unpaired) electrons. The molecule has 0 saturated carbocycles. The summed E-state index contributed by atoms with van der Waals surface area (Å²) in [5.41, 5.74) is 10.1. The Bertz CT molecular complexity index is 1170. The SMILES string of the molecule is CCCCCCCc1nn2c(N)c(C=C3C(C)=Nc4ccccc43)c(=O)nc2s1. The van der Waals surface area contributed by atoms with E-state index in [2.05, 4.69) is 22.0 Å². The second-order valence-corrected chi connectivity index (χ2v) is 8.38. The number of fused-ring (bicyclic) bond motifs is 2. The van der Waals surface area contributed by atoms with Crippen LogP contribution in [0.1, 0.15) is 62.1 Å². The quantitative estimate of drug-likeness (QED) is 0.565. The van der Waals surface area contributed by atoms with E-state index in [9.17, 15) is 4.79 Å². The smallest absolute Gasteiger partial charge is 0.283 e. The maximum Gasteiger partial charge on any atom is 0.283 e. The number of para-hydroxylation sites is 1. The number of aromatic nitrogens is 3. The molecule has 0 bridgehead atoms.